The molecule has 1 aliphatic heterocycles. The van der Waals surface area contributed by atoms with Gasteiger partial charge in [-0.1, -0.05) is 6.42 Å². The van der Waals surface area contributed by atoms with E-state index in [1.807, 2.05) is 0 Å². The predicted molar refractivity (Wildman–Crippen MR) is 91.5 cm³/mol. The van der Waals surface area contributed by atoms with Crippen LogP contribution in [0.5, 0.6) is 0 Å². The molecule has 0 spiro atoms. The summed E-state index contributed by atoms with van der Waals surface area (Å²) in [5, 5.41) is 8.28. The van der Waals surface area contributed by atoms with Gasteiger partial charge in [-0.3, -0.25) is 9.58 Å². The Hall–Kier alpha value is -0.390. The van der Waals surface area contributed by atoms with Gasteiger partial charge >= 0.3 is 0 Å². The summed E-state index contributed by atoms with van der Waals surface area (Å²) in [5.41, 5.74) is 2.39. The Morgan fingerprint density at radius 3 is 2.76 bits per heavy atom. The minimum absolute atomic E-state index is 0.543. The molecule has 1 saturated heterocycles. The van der Waals surface area contributed by atoms with E-state index in [9.17, 15) is 0 Å². The highest BCUT2D eigenvalue weighted by molar-refractivity contribution is 9.10. The molecule has 0 aromatic carbocycles. The van der Waals surface area contributed by atoms with E-state index >= 15 is 0 Å². The summed E-state index contributed by atoms with van der Waals surface area (Å²) in [5.74, 6) is 0. The Bertz CT molecular complexity index is 449. The van der Waals surface area contributed by atoms with Crippen LogP contribution in [0.2, 0.25) is 0 Å². The fraction of sp³-hybridized carbons (Fsp3) is 0.812. The highest BCUT2D eigenvalue weighted by atomic mass is 79.9. The number of nitrogens with zero attached hydrogens (tertiary/aromatic N) is 3. The van der Waals surface area contributed by atoms with E-state index in [2.05, 4.69) is 63.6 Å². The van der Waals surface area contributed by atoms with Gasteiger partial charge in [0, 0.05) is 31.7 Å². The summed E-state index contributed by atoms with van der Waals surface area (Å²) in [7, 11) is 0. The lowest BCUT2D eigenvalue weighted by Gasteiger charge is -2.33. The van der Waals surface area contributed by atoms with E-state index < -0.39 is 0 Å². The summed E-state index contributed by atoms with van der Waals surface area (Å²) in [6.45, 7) is 13.0. The Morgan fingerprint density at radius 1 is 1.43 bits per heavy atom. The molecule has 1 atom stereocenters. The SMILES string of the molecule is CCn1nc(C)c(Br)c1CN(CC1CCCCN1)C(C)C. The first kappa shape index (κ1) is 17.0. The van der Waals surface area contributed by atoms with Gasteiger partial charge in [-0.15, -0.1) is 0 Å². The fourth-order valence-electron chi connectivity index (χ4n) is 3.03. The van der Waals surface area contributed by atoms with Crippen LogP contribution in [-0.4, -0.2) is 39.9 Å². The molecule has 0 saturated carbocycles. The first-order valence-corrected chi connectivity index (χ1v) is 9.01. The standard InChI is InChI=1S/C16H29BrN4/c1-5-21-15(16(17)13(4)19-21)11-20(12(2)3)10-14-8-6-7-9-18-14/h12,14,18H,5-11H2,1-4H3. The zero-order valence-electron chi connectivity index (χ0n) is 13.8. The molecule has 120 valence electrons. The number of nitrogens with one attached hydrogen (secondary N) is 1. The smallest absolute Gasteiger partial charge is 0.0739 e. The van der Waals surface area contributed by atoms with Crippen LogP contribution in [-0.2, 0) is 13.1 Å². The maximum atomic E-state index is 4.62. The number of piperidine rings is 1. The summed E-state index contributed by atoms with van der Waals surface area (Å²) in [6, 6.07) is 1.18. The zero-order chi connectivity index (χ0) is 15.4. The van der Waals surface area contributed by atoms with Crippen molar-refractivity contribution >= 4 is 15.9 Å². The zero-order valence-corrected chi connectivity index (χ0v) is 15.4. The maximum Gasteiger partial charge on any atom is 0.0739 e. The molecule has 21 heavy (non-hydrogen) atoms. The van der Waals surface area contributed by atoms with Crippen molar-refractivity contribution < 1.29 is 0 Å². The van der Waals surface area contributed by atoms with Gasteiger partial charge in [-0.05, 0) is 63.0 Å². The number of aromatic nitrogens is 2. The second-order valence-corrected chi connectivity index (χ2v) is 7.12. The lowest BCUT2D eigenvalue weighted by atomic mass is 10.0. The molecule has 1 aromatic heterocycles. The molecule has 1 aromatic rings. The lowest BCUT2D eigenvalue weighted by Crippen LogP contribution is -2.45. The Kier molecular flexibility index (Phi) is 6.26. The lowest BCUT2D eigenvalue weighted by molar-refractivity contribution is 0.172. The van der Waals surface area contributed by atoms with Crippen LogP contribution < -0.4 is 5.32 Å². The van der Waals surface area contributed by atoms with Crippen LogP contribution in [0.3, 0.4) is 0 Å². The third kappa shape index (κ3) is 4.30. The Labute approximate surface area is 137 Å². The van der Waals surface area contributed by atoms with Crippen LogP contribution in [0.1, 0.15) is 51.4 Å². The van der Waals surface area contributed by atoms with Crippen LogP contribution in [0.15, 0.2) is 4.47 Å². The van der Waals surface area contributed by atoms with Gasteiger partial charge in [-0.2, -0.15) is 5.10 Å². The van der Waals surface area contributed by atoms with Crippen molar-refractivity contribution in [1.29, 1.82) is 0 Å². The molecule has 5 heteroatoms. The molecule has 4 nitrogen and oxygen atoms in total. The molecule has 1 fully saturated rings. The molecule has 0 bridgehead atoms. The van der Waals surface area contributed by atoms with Crippen molar-refractivity contribution in [2.75, 3.05) is 13.1 Å². The summed E-state index contributed by atoms with van der Waals surface area (Å²) in [4.78, 5) is 2.57. The maximum absolute atomic E-state index is 4.62. The average Bonchev–Trinajstić information content (AvgIpc) is 2.75. The number of rotatable bonds is 6. The van der Waals surface area contributed by atoms with Crippen molar-refractivity contribution in [3.8, 4) is 0 Å². The largest absolute Gasteiger partial charge is 0.313 e. The van der Waals surface area contributed by atoms with Gasteiger partial charge in [-0.25, -0.2) is 0 Å². The minimum Gasteiger partial charge on any atom is -0.313 e. The van der Waals surface area contributed by atoms with E-state index in [0.717, 1.165) is 25.3 Å². The van der Waals surface area contributed by atoms with E-state index in [-0.39, 0.29) is 0 Å². The van der Waals surface area contributed by atoms with Crippen molar-refractivity contribution in [3.63, 3.8) is 0 Å². The molecule has 0 amide bonds. The van der Waals surface area contributed by atoms with E-state index in [0.29, 0.717) is 12.1 Å². The molecular formula is C16H29BrN4. The molecule has 0 aliphatic carbocycles. The second kappa shape index (κ2) is 7.75. The van der Waals surface area contributed by atoms with Gasteiger partial charge in [0.25, 0.3) is 0 Å². The van der Waals surface area contributed by atoms with Crippen LogP contribution in [0.25, 0.3) is 0 Å². The second-order valence-electron chi connectivity index (χ2n) is 6.33. The molecule has 0 radical (unpaired) electrons. The molecule has 1 aliphatic rings. The first-order chi connectivity index (χ1) is 10.0. The normalized spacial score (nSPS) is 19.7. The van der Waals surface area contributed by atoms with Gasteiger partial charge in [0.05, 0.1) is 15.9 Å². The van der Waals surface area contributed by atoms with Gasteiger partial charge in [0.15, 0.2) is 0 Å². The van der Waals surface area contributed by atoms with E-state index in [1.165, 1.54) is 36.0 Å². The van der Waals surface area contributed by atoms with Crippen molar-refractivity contribution in [1.82, 2.24) is 20.0 Å². The highest BCUT2D eigenvalue weighted by Gasteiger charge is 2.22. The van der Waals surface area contributed by atoms with E-state index in [1.54, 1.807) is 0 Å². The molecule has 2 heterocycles. The summed E-state index contributed by atoms with van der Waals surface area (Å²) in [6.07, 6.45) is 3.99. The van der Waals surface area contributed by atoms with Crippen LogP contribution in [0.4, 0.5) is 0 Å². The van der Waals surface area contributed by atoms with Crippen molar-refractivity contribution in [3.05, 3.63) is 15.9 Å². The van der Waals surface area contributed by atoms with E-state index in [4.69, 9.17) is 0 Å². The molecule has 1 unspecified atom stereocenters. The third-order valence-corrected chi connectivity index (χ3v) is 5.43. The highest BCUT2D eigenvalue weighted by Crippen LogP contribution is 2.23. The van der Waals surface area contributed by atoms with Crippen LogP contribution >= 0.6 is 15.9 Å². The Balaban J connectivity index is 2.08. The van der Waals surface area contributed by atoms with Gasteiger partial charge in [0.1, 0.15) is 0 Å². The topological polar surface area (TPSA) is 33.1 Å². The van der Waals surface area contributed by atoms with Gasteiger partial charge in [0.2, 0.25) is 0 Å². The molecule has 2 rings (SSSR count). The summed E-state index contributed by atoms with van der Waals surface area (Å²) >= 11 is 3.72. The van der Waals surface area contributed by atoms with Crippen molar-refractivity contribution in [2.24, 2.45) is 0 Å². The number of halogens is 1. The van der Waals surface area contributed by atoms with Crippen molar-refractivity contribution in [2.45, 2.75) is 72.1 Å². The molecular weight excluding hydrogens is 328 g/mol. The number of hydrogen-bond acceptors (Lipinski definition) is 3. The number of aryl methyl sites for hydroxylation is 2. The monoisotopic (exact) mass is 356 g/mol. The third-order valence-electron chi connectivity index (χ3n) is 4.40. The minimum atomic E-state index is 0.543. The predicted octanol–water partition coefficient (Wildman–Crippen LogP) is 3.33. The summed E-state index contributed by atoms with van der Waals surface area (Å²) < 4.78 is 3.30. The average molecular weight is 357 g/mol. The molecule has 1 N–H and O–H groups in total. The Morgan fingerprint density at radius 2 is 2.19 bits per heavy atom. The quantitative estimate of drug-likeness (QED) is 0.848. The van der Waals surface area contributed by atoms with Gasteiger partial charge < -0.3 is 5.32 Å². The fourth-order valence-corrected chi connectivity index (χ4v) is 3.44. The van der Waals surface area contributed by atoms with Crippen LogP contribution in [0, 0.1) is 6.92 Å². The first-order valence-electron chi connectivity index (χ1n) is 8.22. The number of hydrogen-bond donors (Lipinski definition) is 1.